The Kier molecular flexibility index (Phi) is 15.0. The summed E-state index contributed by atoms with van der Waals surface area (Å²) in [5, 5.41) is 15.3. The van der Waals surface area contributed by atoms with Gasteiger partial charge in [0, 0.05) is 13.0 Å². The van der Waals surface area contributed by atoms with E-state index in [0.717, 1.165) is 25.7 Å². The first kappa shape index (κ1) is 41.5. The number of imidazole rings is 1. The molecule has 2 aromatic heterocycles. The highest BCUT2D eigenvalue weighted by Gasteiger charge is 2.42. The fraction of sp³-hybridized carbons (Fsp3) is 0.750. The van der Waals surface area contributed by atoms with Crippen LogP contribution in [0.5, 0.6) is 0 Å². The first-order valence-electron chi connectivity index (χ1n) is 16.3. The third-order valence-electron chi connectivity index (χ3n) is 7.12. The number of anilines is 1. The number of nitrogens with two attached hydrogens (primary N) is 1. The number of aromatic amines is 1. The van der Waals surface area contributed by atoms with Gasteiger partial charge in [-0.1, -0.05) is 26.7 Å². The molecule has 3 rings (SSSR count). The number of nitrogen functional groups attached to an aromatic ring is 1. The first-order valence-corrected chi connectivity index (χ1v) is 19.3. The predicted molar refractivity (Wildman–Crippen MR) is 179 cm³/mol. The van der Waals surface area contributed by atoms with Crippen LogP contribution in [0, 0.1) is 5.92 Å². The number of aromatic nitrogens is 4. The summed E-state index contributed by atoms with van der Waals surface area (Å²) in [4.78, 5) is 57.8. The summed E-state index contributed by atoms with van der Waals surface area (Å²) >= 11 is 0. The van der Waals surface area contributed by atoms with Crippen molar-refractivity contribution in [2.24, 2.45) is 5.92 Å². The Hall–Kier alpha value is -2.93. The van der Waals surface area contributed by atoms with Crippen molar-refractivity contribution in [1.29, 1.82) is 0 Å². The van der Waals surface area contributed by atoms with Crippen molar-refractivity contribution >= 4 is 44.7 Å². The molecule has 2 unspecified atom stereocenters. The molecule has 1 fully saturated rings. The van der Waals surface area contributed by atoms with Gasteiger partial charge in [0.25, 0.3) is 5.56 Å². The number of H-pyrrole nitrogens is 1. The molecule has 3 heterocycles. The number of alkyl carbamates (subject to hydrolysis) is 1. The molecule has 6 atom stereocenters. The van der Waals surface area contributed by atoms with Gasteiger partial charge in [0.05, 0.1) is 32.3 Å². The topological polar surface area (TPSA) is 278 Å². The molecule has 50 heavy (non-hydrogen) atoms. The molecular formula is C28H49N7O13P2. The van der Waals surface area contributed by atoms with Gasteiger partial charge in [-0.3, -0.25) is 28.2 Å². The Balaban J connectivity index is 1.66. The quantitative estimate of drug-likeness (QED) is 0.0683. The van der Waals surface area contributed by atoms with E-state index in [2.05, 4.69) is 25.4 Å². The van der Waals surface area contributed by atoms with Crippen molar-refractivity contribution in [2.45, 2.75) is 104 Å². The minimum atomic E-state index is -5.22. The number of phosphoric acid groups is 1. The highest BCUT2D eigenvalue weighted by Crippen LogP contribution is 2.61. The van der Waals surface area contributed by atoms with E-state index in [0.29, 0.717) is 0 Å². The molecule has 0 aliphatic carbocycles. The molecule has 284 valence electrons. The lowest BCUT2D eigenvalue weighted by molar-refractivity contribution is -0.146. The zero-order valence-electron chi connectivity index (χ0n) is 29.0. The Morgan fingerprint density at radius 1 is 1.22 bits per heavy atom. The monoisotopic (exact) mass is 753 g/mol. The molecule has 0 radical (unpaired) electrons. The van der Waals surface area contributed by atoms with Crippen molar-refractivity contribution in [3.63, 3.8) is 0 Å². The van der Waals surface area contributed by atoms with Crippen LogP contribution < -0.4 is 21.7 Å². The third kappa shape index (κ3) is 12.7. The summed E-state index contributed by atoms with van der Waals surface area (Å²) in [6, 6.07) is -1.32. The molecule has 1 aliphatic heterocycles. The number of aliphatic hydroxyl groups is 1. The minimum Gasteiger partial charge on any atom is -0.464 e. The lowest BCUT2D eigenvalue weighted by atomic mass is 9.99. The smallest absolute Gasteiger partial charge is 0.464 e. The van der Waals surface area contributed by atoms with E-state index in [4.69, 9.17) is 33.3 Å². The van der Waals surface area contributed by atoms with Crippen molar-refractivity contribution in [3.8, 4) is 0 Å². The molecule has 2 aromatic rings. The van der Waals surface area contributed by atoms with E-state index in [-0.39, 0.29) is 42.6 Å². The van der Waals surface area contributed by atoms with Crippen molar-refractivity contribution in [1.82, 2.24) is 29.9 Å². The summed E-state index contributed by atoms with van der Waals surface area (Å²) in [7, 11) is -10.0. The molecule has 7 N–H and O–H groups in total. The number of ether oxygens (including phenoxy) is 3. The molecule has 0 saturated carbocycles. The van der Waals surface area contributed by atoms with Crippen LogP contribution in [0.15, 0.2) is 11.1 Å². The Bertz CT molecular complexity index is 1590. The maximum absolute atomic E-state index is 13.7. The van der Waals surface area contributed by atoms with E-state index in [1.807, 2.05) is 13.8 Å². The fourth-order valence-corrected chi connectivity index (χ4v) is 8.01. The number of hydrogen-bond donors (Lipinski definition) is 6. The summed E-state index contributed by atoms with van der Waals surface area (Å²) in [5.74, 6) is -0.860. The standard InChI is InChI=1S/C28H49N7O13P2/c1-7-9-18(10-8-2)14-43-25(38)17(3)34-49(40,44-12-11-30-27(39)47-28(4,5)6)48-50(41,42)45-15-19-13-20(36)24(46-19)35-16-31-21-22(35)32-26(29)33-23(21)37/h16-20,24,36H,7-15H2,1-6H3,(H,30,39)(H,34,40)(H,41,42)(H3,29,32,33,37)/t17-,19-,20+,24+,49?/m0/s1. The number of carbonyl (C=O) groups excluding carboxylic acids is 2. The Labute approximate surface area is 289 Å². The molecule has 0 spiro atoms. The zero-order chi connectivity index (χ0) is 37.3. The van der Waals surface area contributed by atoms with Crippen LogP contribution in [-0.4, -0.2) is 91.8 Å². The van der Waals surface area contributed by atoms with E-state index in [1.165, 1.54) is 17.8 Å². The van der Waals surface area contributed by atoms with Crippen LogP contribution in [0.25, 0.3) is 11.2 Å². The number of phosphoric ester groups is 1. The molecule has 1 amide bonds. The Morgan fingerprint density at radius 3 is 2.54 bits per heavy atom. The Morgan fingerprint density at radius 2 is 1.90 bits per heavy atom. The van der Waals surface area contributed by atoms with Gasteiger partial charge in [0.15, 0.2) is 17.4 Å². The zero-order valence-corrected chi connectivity index (χ0v) is 30.8. The molecular weight excluding hydrogens is 704 g/mol. The van der Waals surface area contributed by atoms with Gasteiger partial charge in [-0.15, -0.1) is 0 Å². The molecule has 0 aromatic carbocycles. The summed E-state index contributed by atoms with van der Waals surface area (Å²) in [6.45, 7) is 9.08. The number of nitrogens with zero attached hydrogens (tertiary/aromatic N) is 3. The van der Waals surface area contributed by atoms with Crippen molar-refractivity contribution in [3.05, 3.63) is 16.7 Å². The average molecular weight is 754 g/mol. The lowest BCUT2D eigenvalue weighted by Gasteiger charge is -2.25. The van der Waals surface area contributed by atoms with Crippen molar-refractivity contribution < 1.29 is 56.3 Å². The third-order valence-corrected chi connectivity index (χ3v) is 10.5. The highest BCUT2D eigenvalue weighted by molar-refractivity contribution is 7.63. The number of esters is 1. The predicted octanol–water partition coefficient (Wildman–Crippen LogP) is 2.87. The van der Waals surface area contributed by atoms with Crippen LogP contribution in [0.3, 0.4) is 0 Å². The van der Waals surface area contributed by atoms with Gasteiger partial charge in [-0.25, -0.2) is 24.0 Å². The van der Waals surface area contributed by atoms with Crippen LogP contribution in [0.2, 0.25) is 0 Å². The second-order valence-electron chi connectivity index (χ2n) is 12.8. The summed E-state index contributed by atoms with van der Waals surface area (Å²) in [5.41, 5.74) is 4.24. The minimum absolute atomic E-state index is 0.0391. The number of amides is 1. The molecule has 22 heteroatoms. The number of carbonyl (C=O) groups is 2. The number of rotatable bonds is 19. The SMILES string of the molecule is CCCC(CCC)COC(=O)[C@H](C)NP(=O)(OCCNC(=O)OC(C)(C)C)OP(=O)(O)OC[C@@H]1C[C@@H](O)[C@H](n2cnc3c(=O)[nH]c(N)nc32)O1. The summed E-state index contributed by atoms with van der Waals surface area (Å²) < 4.78 is 59.7. The van der Waals surface area contributed by atoms with Gasteiger partial charge in [0.1, 0.15) is 17.7 Å². The van der Waals surface area contributed by atoms with Gasteiger partial charge < -0.3 is 35.3 Å². The van der Waals surface area contributed by atoms with E-state index in [1.54, 1.807) is 20.8 Å². The average Bonchev–Trinajstić information content (AvgIpc) is 3.58. The number of hydrogen-bond acceptors (Lipinski definition) is 15. The number of aliphatic hydroxyl groups excluding tert-OH is 1. The van der Waals surface area contributed by atoms with Crippen LogP contribution in [0.1, 0.15) is 79.9 Å². The van der Waals surface area contributed by atoms with Gasteiger partial charge in [0.2, 0.25) is 5.95 Å². The molecule has 1 aliphatic rings. The molecule has 20 nitrogen and oxygen atoms in total. The number of fused-ring (bicyclic) bond motifs is 1. The molecule has 0 bridgehead atoms. The second-order valence-corrected chi connectivity index (χ2v) is 16.1. The van der Waals surface area contributed by atoms with Crippen LogP contribution in [-0.2, 0) is 41.5 Å². The second kappa shape index (κ2) is 18.0. The number of nitrogens with one attached hydrogen (secondary N) is 3. The first-order chi connectivity index (χ1) is 23.3. The summed E-state index contributed by atoms with van der Waals surface area (Å²) in [6.07, 6.45) is 0.532. The van der Waals surface area contributed by atoms with Crippen molar-refractivity contribution in [2.75, 3.05) is 32.1 Å². The maximum atomic E-state index is 13.7. The maximum Gasteiger partial charge on any atom is 0.480 e. The highest BCUT2D eigenvalue weighted by atomic mass is 31.3. The van der Waals surface area contributed by atoms with Crippen LogP contribution in [0.4, 0.5) is 10.7 Å². The lowest BCUT2D eigenvalue weighted by Crippen LogP contribution is -2.36. The van der Waals surface area contributed by atoms with E-state index >= 15 is 0 Å². The fourth-order valence-electron chi connectivity index (χ4n) is 5.01. The van der Waals surface area contributed by atoms with E-state index < -0.39 is 76.5 Å². The van der Waals surface area contributed by atoms with E-state index in [9.17, 15) is 33.5 Å². The normalized spacial score (nSPS) is 21.1. The largest absolute Gasteiger partial charge is 0.480 e. The van der Waals surface area contributed by atoms with Gasteiger partial charge >= 0.3 is 27.6 Å². The molecule has 1 saturated heterocycles. The van der Waals surface area contributed by atoms with Crippen LogP contribution >= 0.6 is 15.6 Å². The van der Waals surface area contributed by atoms with Gasteiger partial charge in [-0.2, -0.15) is 9.29 Å². The van der Waals surface area contributed by atoms with Gasteiger partial charge in [-0.05, 0) is 46.5 Å².